The molecule has 17 heavy (non-hydrogen) atoms. The molecule has 0 aromatic carbocycles. The number of rotatable bonds is 4. The molecule has 0 aliphatic carbocycles. The third kappa shape index (κ3) is 2.98. The molecular weight excluding hydrogens is 290 g/mol. The van der Waals surface area contributed by atoms with Gasteiger partial charge in [-0.15, -0.1) is 0 Å². The second kappa shape index (κ2) is 5.20. The van der Waals surface area contributed by atoms with Gasteiger partial charge in [0, 0.05) is 12.1 Å². The Kier molecular flexibility index (Phi) is 3.65. The number of furan rings is 2. The van der Waals surface area contributed by atoms with Crippen LogP contribution in [-0.4, -0.2) is 17.6 Å². The van der Waals surface area contributed by atoms with E-state index in [0.717, 1.165) is 0 Å². The maximum absolute atomic E-state index is 11.6. The SMILES string of the molecule is O=C(NCC(O)c1ccoc1)c1ccc(Br)o1. The summed E-state index contributed by atoms with van der Waals surface area (Å²) in [5.41, 5.74) is 0.617. The molecule has 6 heteroatoms. The van der Waals surface area contributed by atoms with Crippen LogP contribution < -0.4 is 5.32 Å². The van der Waals surface area contributed by atoms with E-state index in [9.17, 15) is 9.90 Å². The van der Waals surface area contributed by atoms with Crippen molar-refractivity contribution in [2.75, 3.05) is 6.54 Å². The fraction of sp³-hybridized carbons (Fsp3) is 0.182. The second-order valence-electron chi connectivity index (χ2n) is 3.39. The molecule has 2 aromatic heterocycles. The van der Waals surface area contributed by atoms with E-state index in [1.165, 1.54) is 12.5 Å². The van der Waals surface area contributed by atoms with Gasteiger partial charge in [0.1, 0.15) is 0 Å². The van der Waals surface area contributed by atoms with Crippen LogP contribution in [0.1, 0.15) is 22.2 Å². The highest BCUT2D eigenvalue weighted by Gasteiger charge is 2.13. The Morgan fingerprint density at radius 2 is 2.29 bits per heavy atom. The number of aliphatic hydroxyl groups is 1. The predicted molar refractivity (Wildman–Crippen MR) is 62.4 cm³/mol. The summed E-state index contributed by atoms with van der Waals surface area (Å²) in [6, 6.07) is 4.81. The van der Waals surface area contributed by atoms with E-state index in [4.69, 9.17) is 8.83 Å². The maximum atomic E-state index is 11.6. The maximum Gasteiger partial charge on any atom is 0.287 e. The molecule has 0 saturated heterocycles. The summed E-state index contributed by atoms with van der Waals surface area (Å²) in [6.45, 7) is 0.0939. The third-order valence-electron chi connectivity index (χ3n) is 2.18. The molecule has 0 spiro atoms. The molecule has 1 unspecified atom stereocenters. The third-order valence-corrected chi connectivity index (χ3v) is 2.61. The lowest BCUT2D eigenvalue weighted by molar-refractivity contribution is 0.0887. The minimum absolute atomic E-state index is 0.0939. The summed E-state index contributed by atoms with van der Waals surface area (Å²) in [5, 5.41) is 12.3. The first-order valence-corrected chi connectivity index (χ1v) is 5.70. The first-order valence-electron chi connectivity index (χ1n) is 4.90. The van der Waals surface area contributed by atoms with Crippen molar-refractivity contribution in [1.29, 1.82) is 0 Å². The predicted octanol–water partition coefficient (Wildman–Crippen LogP) is 2.10. The Morgan fingerprint density at radius 1 is 1.47 bits per heavy atom. The van der Waals surface area contributed by atoms with E-state index in [1.54, 1.807) is 18.2 Å². The normalized spacial score (nSPS) is 12.4. The van der Waals surface area contributed by atoms with Gasteiger partial charge in [0.25, 0.3) is 5.91 Å². The monoisotopic (exact) mass is 299 g/mol. The van der Waals surface area contributed by atoms with Gasteiger partial charge in [-0.25, -0.2) is 0 Å². The van der Waals surface area contributed by atoms with Crippen LogP contribution in [0, 0.1) is 0 Å². The van der Waals surface area contributed by atoms with Crippen molar-refractivity contribution in [2.45, 2.75) is 6.10 Å². The van der Waals surface area contributed by atoms with Gasteiger partial charge in [-0.3, -0.25) is 4.79 Å². The summed E-state index contributed by atoms with van der Waals surface area (Å²) in [7, 11) is 0. The quantitative estimate of drug-likeness (QED) is 0.906. The molecule has 0 aliphatic heterocycles. The summed E-state index contributed by atoms with van der Waals surface area (Å²) in [5.74, 6) is -0.186. The van der Waals surface area contributed by atoms with Gasteiger partial charge in [-0.2, -0.15) is 0 Å². The molecule has 0 radical (unpaired) electrons. The Bertz CT molecular complexity index is 491. The van der Waals surface area contributed by atoms with Crippen LogP contribution in [0.3, 0.4) is 0 Å². The zero-order valence-electron chi connectivity index (χ0n) is 8.72. The van der Waals surface area contributed by atoms with Crippen molar-refractivity contribution in [1.82, 2.24) is 5.32 Å². The number of amides is 1. The Labute approximate surface area is 106 Å². The van der Waals surface area contributed by atoms with Gasteiger partial charge in [-0.1, -0.05) is 0 Å². The molecule has 2 aromatic rings. The second-order valence-corrected chi connectivity index (χ2v) is 4.17. The lowest BCUT2D eigenvalue weighted by Gasteiger charge is -2.08. The average Bonchev–Trinajstić information content (AvgIpc) is 2.95. The van der Waals surface area contributed by atoms with Crippen LogP contribution in [0.5, 0.6) is 0 Å². The molecule has 2 heterocycles. The zero-order chi connectivity index (χ0) is 12.3. The molecule has 0 aliphatic rings. The Hall–Kier alpha value is -1.53. The summed E-state index contributed by atoms with van der Waals surface area (Å²) >= 11 is 3.10. The summed E-state index contributed by atoms with van der Waals surface area (Å²) in [4.78, 5) is 11.6. The van der Waals surface area contributed by atoms with E-state index in [-0.39, 0.29) is 18.2 Å². The Balaban J connectivity index is 1.88. The molecule has 0 fully saturated rings. The number of carbonyl (C=O) groups is 1. The van der Waals surface area contributed by atoms with E-state index in [0.29, 0.717) is 10.2 Å². The minimum Gasteiger partial charge on any atom is -0.472 e. The number of halogens is 1. The summed E-state index contributed by atoms with van der Waals surface area (Å²) in [6.07, 6.45) is 2.10. The molecule has 2 rings (SSSR count). The summed E-state index contributed by atoms with van der Waals surface area (Å²) < 4.78 is 10.4. The van der Waals surface area contributed by atoms with Crippen LogP contribution in [0.2, 0.25) is 0 Å². The smallest absolute Gasteiger partial charge is 0.287 e. The molecular formula is C11H10BrNO4. The molecule has 0 bridgehead atoms. The van der Waals surface area contributed by atoms with Crippen molar-refractivity contribution in [2.24, 2.45) is 0 Å². The van der Waals surface area contributed by atoms with Gasteiger partial charge in [0.2, 0.25) is 0 Å². The van der Waals surface area contributed by atoms with Crippen molar-refractivity contribution in [3.05, 3.63) is 46.7 Å². The molecule has 5 nitrogen and oxygen atoms in total. The van der Waals surface area contributed by atoms with Crippen LogP contribution in [0.15, 0.2) is 44.2 Å². The fourth-order valence-corrected chi connectivity index (χ4v) is 1.60. The first kappa shape index (κ1) is 11.9. The fourth-order valence-electron chi connectivity index (χ4n) is 1.30. The largest absolute Gasteiger partial charge is 0.472 e. The lowest BCUT2D eigenvalue weighted by atomic mass is 10.2. The van der Waals surface area contributed by atoms with Crippen molar-refractivity contribution in [3.63, 3.8) is 0 Å². The number of hydrogen-bond acceptors (Lipinski definition) is 4. The zero-order valence-corrected chi connectivity index (χ0v) is 10.3. The first-order chi connectivity index (χ1) is 8.16. The number of carbonyl (C=O) groups excluding carboxylic acids is 1. The molecule has 0 saturated carbocycles. The molecule has 90 valence electrons. The number of nitrogens with one attached hydrogen (secondary N) is 1. The molecule has 2 N–H and O–H groups in total. The van der Waals surface area contributed by atoms with Crippen LogP contribution in [0.4, 0.5) is 0 Å². The van der Waals surface area contributed by atoms with Gasteiger partial charge in [-0.05, 0) is 34.1 Å². The van der Waals surface area contributed by atoms with Crippen LogP contribution in [-0.2, 0) is 0 Å². The highest BCUT2D eigenvalue weighted by atomic mass is 79.9. The molecule has 1 amide bonds. The standard InChI is InChI=1S/C11H10BrNO4/c12-10-2-1-9(17-10)11(15)13-5-8(14)7-3-4-16-6-7/h1-4,6,8,14H,5H2,(H,13,15). The topological polar surface area (TPSA) is 75.6 Å². The van der Waals surface area contributed by atoms with Gasteiger partial charge in [0.05, 0.1) is 18.6 Å². The van der Waals surface area contributed by atoms with E-state index >= 15 is 0 Å². The van der Waals surface area contributed by atoms with Crippen LogP contribution in [0.25, 0.3) is 0 Å². The van der Waals surface area contributed by atoms with E-state index in [2.05, 4.69) is 21.2 Å². The number of hydrogen-bond donors (Lipinski definition) is 2. The highest BCUT2D eigenvalue weighted by Crippen LogP contribution is 2.15. The van der Waals surface area contributed by atoms with Crippen molar-refractivity contribution < 1.29 is 18.7 Å². The molecule has 1 atom stereocenters. The minimum atomic E-state index is -0.795. The van der Waals surface area contributed by atoms with Crippen molar-refractivity contribution in [3.8, 4) is 0 Å². The van der Waals surface area contributed by atoms with Crippen LogP contribution >= 0.6 is 15.9 Å². The van der Waals surface area contributed by atoms with E-state index in [1.807, 2.05) is 0 Å². The average molecular weight is 300 g/mol. The highest BCUT2D eigenvalue weighted by molar-refractivity contribution is 9.10. The Morgan fingerprint density at radius 3 is 2.88 bits per heavy atom. The lowest BCUT2D eigenvalue weighted by Crippen LogP contribution is -2.27. The van der Waals surface area contributed by atoms with Gasteiger partial charge in [0.15, 0.2) is 10.4 Å². The van der Waals surface area contributed by atoms with Crippen molar-refractivity contribution >= 4 is 21.8 Å². The van der Waals surface area contributed by atoms with Gasteiger partial charge >= 0.3 is 0 Å². The van der Waals surface area contributed by atoms with E-state index < -0.39 is 6.10 Å². The van der Waals surface area contributed by atoms with Gasteiger partial charge < -0.3 is 19.3 Å². The number of aliphatic hydroxyl groups excluding tert-OH is 1.